The van der Waals surface area contributed by atoms with E-state index < -0.39 is 6.36 Å². The van der Waals surface area contributed by atoms with Crippen LogP contribution in [0.1, 0.15) is 13.8 Å². The third-order valence-corrected chi connectivity index (χ3v) is 2.65. The third kappa shape index (κ3) is 5.45. The second-order valence-electron chi connectivity index (χ2n) is 4.56. The summed E-state index contributed by atoms with van der Waals surface area (Å²) in [6.07, 6.45) is -4.72. The fourth-order valence-corrected chi connectivity index (χ4v) is 1.78. The molecule has 0 saturated heterocycles. The minimum absolute atomic E-state index is 0.265. The Kier molecular flexibility index (Phi) is 5.61. The highest BCUT2D eigenvalue weighted by molar-refractivity contribution is 5.56. The maximum Gasteiger partial charge on any atom is 0.573 e. The highest BCUT2D eigenvalue weighted by Gasteiger charge is 2.30. The Hall–Kier alpha value is -2.78. The van der Waals surface area contributed by atoms with Gasteiger partial charge in [0.2, 0.25) is 17.8 Å². The Balaban J connectivity index is 2.14. The topological polar surface area (TPSA) is 84.0 Å². The number of nitrogens with zero attached hydrogens (tertiary/aromatic N) is 3. The van der Waals surface area contributed by atoms with Gasteiger partial charge in [-0.1, -0.05) is 0 Å². The summed E-state index contributed by atoms with van der Waals surface area (Å²) < 4.78 is 40.3. The summed E-state index contributed by atoms with van der Waals surface area (Å²) in [5.74, 6) is 0.748. The highest BCUT2D eigenvalue weighted by atomic mass is 19.4. The van der Waals surface area contributed by atoms with Crippen LogP contribution < -0.4 is 20.7 Å². The van der Waals surface area contributed by atoms with Crippen molar-refractivity contribution in [1.82, 2.24) is 15.0 Å². The Morgan fingerprint density at radius 3 is 1.83 bits per heavy atom. The van der Waals surface area contributed by atoms with E-state index in [1.165, 1.54) is 24.3 Å². The van der Waals surface area contributed by atoms with E-state index in [9.17, 15) is 13.2 Å². The second-order valence-corrected chi connectivity index (χ2v) is 4.56. The molecule has 2 aromatic rings. The summed E-state index contributed by atoms with van der Waals surface area (Å²) in [5, 5.41) is 8.87. The first-order valence-electron chi connectivity index (χ1n) is 7.26. The van der Waals surface area contributed by atoms with Gasteiger partial charge in [0.25, 0.3) is 0 Å². The van der Waals surface area contributed by atoms with Crippen LogP contribution in [0.5, 0.6) is 5.75 Å². The molecule has 1 aromatic heterocycles. The summed E-state index contributed by atoms with van der Waals surface area (Å²) in [6, 6.07) is 5.27. The number of ether oxygens (including phenoxy) is 1. The lowest BCUT2D eigenvalue weighted by Gasteiger charge is -2.11. The van der Waals surface area contributed by atoms with E-state index in [2.05, 4.69) is 35.6 Å². The minimum atomic E-state index is -4.72. The zero-order valence-electron chi connectivity index (χ0n) is 13.1. The fraction of sp³-hybridized carbons (Fsp3) is 0.357. The molecule has 0 fully saturated rings. The number of alkyl halides is 3. The van der Waals surface area contributed by atoms with Crippen molar-refractivity contribution in [2.45, 2.75) is 20.2 Å². The molecule has 24 heavy (non-hydrogen) atoms. The molecule has 0 atom stereocenters. The number of benzene rings is 1. The molecule has 0 spiro atoms. The Labute approximate surface area is 136 Å². The van der Waals surface area contributed by atoms with Gasteiger partial charge in [-0.3, -0.25) is 0 Å². The van der Waals surface area contributed by atoms with Gasteiger partial charge in [-0.25, -0.2) is 0 Å². The van der Waals surface area contributed by atoms with E-state index in [0.29, 0.717) is 30.7 Å². The quantitative estimate of drug-likeness (QED) is 0.711. The van der Waals surface area contributed by atoms with E-state index >= 15 is 0 Å². The molecule has 7 nitrogen and oxygen atoms in total. The van der Waals surface area contributed by atoms with Gasteiger partial charge in [0.15, 0.2) is 0 Å². The van der Waals surface area contributed by atoms with Crippen molar-refractivity contribution in [2.75, 3.05) is 29.0 Å². The van der Waals surface area contributed by atoms with Crippen molar-refractivity contribution in [2.24, 2.45) is 0 Å². The van der Waals surface area contributed by atoms with Crippen molar-refractivity contribution < 1.29 is 17.9 Å². The number of halogens is 3. The zero-order valence-corrected chi connectivity index (χ0v) is 13.1. The van der Waals surface area contributed by atoms with Crippen LogP contribution >= 0.6 is 0 Å². The molecule has 1 aromatic carbocycles. The molecule has 1 heterocycles. The lowest BCUT2D eigenvalue weighted by atomic mass is 10.3. The Morgan fingerprint density at radius 2 is 1.38 bits per heavy atom. The molecule has 10 heteroatoms. The van der Waals surface area contributed by atoms with Crippen LogP contribution in [0.2, 0.25) is 0 Å². The normalized spacial score (nSPS) is 11.0. The molecule has 130 valence electrons. The van der Waals surface area contributed by atoms with E-state index in [0.717, 1.165) is 0 Å². The Morgan fingerprint density at radius 1 is 0.875 bits per heavy atom. The molecule has 0 aliphatic carbocycles. The van der Waals surface area contributed by atoms with Crippen LogP contribution in [0.4, 0.5) is 36.7 Å². The van der Waals surface area contributed by atoms with Gasteiger partial charge in [-0.15, -0.1) is 13.2 Å². The van der Waals surface area contributed by atoms with Gasteiger partial charge in [0.1, 0.15) is 5.75 Å². The van der Waals surface area contributed by atoms with Crippen LogP contribution in [-0.4, -0.2) is 34.4 Å². The third-order valence-electron chi connectivity index (χ3n) is 2.65. The number of hydrogen-bond donors (Lipinski definition) is 3. The lowest BCUT2D eigenvalue weighted by Crippen LogP contribution is -2.17. The van der Waals surface area contributed by atoms with Crippen molar-refractivity contribution in [1.29, 1.82) is 0 Å². The highest BCUT2D eigenvalue weighted by Crippen LogP contribution is 2.25. The molecule has 3 N–H and O–H groups in total. The van der Waals surface area contributed by atoms with Gasteiger partial charge in [0, 0.05) is 18.8 Å². The van der Waals surface area contributed by atoms with E-state index in [1.807, 2.05) is 13.8 Å². The molecular weight excluding hydrogens is 325 g/mol. The number of aromatic nitrogens is 3. The number of nitrogens with one attached hydrogen (secondary N) is 3. The van der Waals surface area contributed by atoms with Gasteiger partial charge in [-0.2, -0.15) is 15.0 Å². The van der Waals surface area contributed by atoms with E-state index in [-0.39, 0.29) is 11.7 Å². The monoisotopic (exact) mass is 342 g/mol. The average Bonchev–Trinajstić information content (AvgIpc) is 2.48. The van der Waals surface area contributed by atoms with Crippen LogP contribution in [0, 0.1) is 0 Å². The predicted molar refractivity (Wildman–Crippen MR) is 84.6 cm³/mol. The molecule has 0 bridgehead atoms. The van der Waals surface area contributed by atoms with Gasteiger partial charge in [-0.05, 0) is 38.1 Å². The maximum absolute atomic E-state index is 12.1. The minimum Gasteiger partial charge on any atom is -0.406 e. The first-order chi connectivity index (χ1) is 11.4. The van der Waals surface area contributed by atoms with Gasteiger partial charge < -0.3 is 20.7 Å². The standard InChI is InChI=1S/C14H17F3N6O/c1-3-18-11-21-12(19-4-2)23-13(22-11)20-9-5-7-10(8-6-9)24-14(15,16)17/h5-8H,3-4H2,1-2H3,(H3,18,19,20,21,22,23). The smallest absolute Gasteiger partial charge is 0.406 e. The molecule has 0 aliphatic rings. The maximum atomic E-state index is 12.1. The van der Waals surface area contributed by atoms with Crippen molar-refractivity contribution >= 4 is 23.5 Å². The molecule has 0 saturated carbocycles. The van der Waals surface area contributed by atoms with Crippen molar-refractivity contribution in [3.8, 4) is 5.75 Å². The van der Waals surface area contributed by atoms with Crippen LogP contribution in [0.25, 0.3) is 0 Å². The lowest BCUT2D eigenvalue weighted by molar-refractivity contribution is -0.274. The molecular formula is C14H17F3N6O. The summed E-state index contributed by atoms with van der Waals surface area (Å²) in [4.78, 5) is 12.6. The Bertz CT molecular complexity index is 638. The summed E-state index contributed by atoms with van der Waals surface area (Å²) in [7, 11) is 0. The molecule has 0 aliphatic heterocycles. The number of anilines is 4. The largest absolute Gasteiger partial charge is 0.573 e. The number of rotatable bonds is 7. The van der Waals surface area contributed by atoms with Gasteiger partial charge in [0.05, 0.1) is 0 Å². The first kappa shape index (κ1) is 17.6. The molecule has 0 amide bonds. The predicted octanol–water partition coefficient (Wildman–Crippen LogP) is 3.38. The summed E-state index contributed by atoms with van der Waals surface area (Å²) in [5.41, 5.74) is 0.514. The average molecular weight is 342 g/mol. The zero-order chi connectivity index (χ0) is 17.6. The SMILES string of the molecule is CCNc1nc(NCC)nc(Nc2ccc(OC(F)(F)F)cc2)n1. The van der Waals surface area contributed by atoms with Crippen molar-refractivity contribution in [3.63, 3.8) is 0 Å². The van der Waals surface area contributed by atoms with E-state index in [4.69, 9.17) is 0 Å². The molecule has 2 rings (SSSR count). The molecule has 0 unspecified atom stereocenters. The molecule has 0 radical (unpaired) electrons. The second kappa shape index (κ2) is 7.66. The van der Waals surface area contributed by atoms with Crippen LogP contribution in [0.3, 0.4) is 0 Å². The van der Waals surface area contributed by atoms with Gasteiger partial charge >= 0.3 is 6.36 Å². The summed E-state index contributed by atoms with van der Waals surface area (Å²) >= 11 is 0. The fourth-order valence-electron chi connectivity index (χ4n) is 1.78. The van der Waals surface area contributed by atoms with Crippen molar-refractivity contribution in [3.05, 3.63) is 24.3 Å². The first-order valence-corrected chi connectivity index (χ1v) is 7.26. The van der Waals surface area contributed by atoms with E-state index in [1.54, 1.807) is 0 Å². The number of hydrogen-bond acceptors (Lipinski definition) is 7. The summed E-state index contributed by atoms with van der Waals surface area (Å²) in [6.45, 7) is 5.09. The van der Waals surface area contributed by atoms with Crippen LogP contribution in [0.15, 0.2) is 24.3 Å². The van der Waals surface area contributed by atoms with Crippen LogP contribution in [-0.2, 0) is 0 Å².